The summed E-state index contributed by atoms with van der Waals surface area (Å²) < 4.78 is 4.45. The molecule has 0 aliphatic heterocycles. The number of aromatic nitrogens is 2. The summed E-state index contributed by atoms with van der Waals surface area (Å²) in [6.07, 6.45) is 7.85. The number of hydrogen-bond donors (Lipinski definition) is 1. The van der Waals surface area contributed by atoms with E-state index in [0.717, 1.165) is 24.1 Å². The Labute approximate surface area is 204 Å². The van der Waals surface area contributed by atoms with Crippen molar-refractivity contribution in [1.29, 1.82) is 0 Å². The Morgan fingerprint density at radius 1 is 1.03 bits per heavy atom. The molecule has 0 fully saturated rings. The molecule has 5 heteroatoms. The summed E-state index contributed by atoms with van der Waals surface area (Å²) in [4.78, 5) is 17.3. The number of carbonyl (C=O) groups excluding carboxylic acids is 1. The van der Waals surface area contributed by atoms with Gasteiger partial charge in [0.2, 0.25) is 0 Å². The van der Waals surface area contributed by atoms with Gasteiger partial charge in [0.15, 0.2) is 0 Å². The molecule has 5 aromatic rings. The van der Waals surface area contributed by atoms with E-state index in [1.165, 1.54) is 38.6 Å². The van der Waals surface area contributed by atoms with Gasteiger partial charge in [-0.25, -0.2) is 4.98 Å². The molecule has 1 amide bonds. The minimum absolute atomic E-state index is 0.0847. The standard InChI is InChI=1S/C29H29N3OS/c1-3-4-5-10-20(2)31-29(33)26-18-30-19-32(26)22-12-8-11-21(17-22)23-14-9-15-25-24-13-6-7-16-27(24)34-28(23)25/h6-9,11-20H,3-5,10H2,1-2H3,(H,31,33)/t20-/m0/s1. The van der Waals surface area contributed by atoms with Crippen molar-refractivity contribution < 1.29 is 4.79 Å². The molecular weight excluding hydrogens is 438 g/mol. The summed E-state index contributed by atoms with van der Waals surface area (Å²) in [7, 11) is 0. The van der Waals surface area contributed by atoms with Crippen LogP contribution in [0.4, 0.5) is 0 Å². The van der Waals surface area contributed by atoms with E-state index in [1.54, 1.807) is 12.5 Å². The number of nitrogens with one attached hydrogen (secondary N) is 1. The van der Waals surface area contributed by atoms with Gasteiger partial charge >= 0.3 is 0 Å². The maximum atomic E-state index is 13.0. The van der Waals surface area contributed by atoms with Crippen LogP contribution < -0.4 is 5.32 Å². The van der Waals surface area contributed by atoms with Crippen LogP contribution >= 0.6 is 11.3 Å². The van der Waals surface area contributed by atoms with E-state index in [4.69, 9.17) is 0 Å². The molecule has 0 aliphatic rings. The second kappa shape index (κ2) is 9.82. The molecule has 3 aromatic carbocycles. The Morgan fingerprint density at radius 3 is 2.74 bits per heavy atom. The molecule has 1 atom stereocenters. The lowest BCUT2D eigenvalue weighted by Crippen LogP contribution is -2.33. The third-order valence-electron chi connectivity index (χ3n) is 6.33. The second-order valence-corrected chi connectivity index (χ2v) is 9.90. The number of thiophene rings is 1. The van der Waals surface area contributed by atoms with E-state index in [2.05, 4.69) is 78.7 Å². The molecule has 172 valence electrons. The van der Waals surface area contributed by atoms with Gasteiger partial charge in [-0.1, -0.05) is 74.7 Å². The number of imidazole rings is 1. The molecule has 0 spiro atoms. The monoisotopic (exact) mass is 467 g/mol. The molecule has 0 unspecified atom stereocenters. The lowest BCUT2D eigenvalue weighted by Gasteiger charge is -2.15. The minimum atomic E-state index is -0.0847. The number of fused-ring (bicyclic) bond motifs is 3. The average molecular weight is 468 g/mol. The van der Waals surface area contributed by atoms with Gasteiger partial charge in [-0.15, -0.1) is 11.3 Å². The molecule has 0 saturated heterocycles. The Bertz CT molecular complexity index is 1450. The van der Waals surface area contributed by atoms with Crippen LogP contribution in [0.2, 0.25) is 0 Å². The van der Waals surface area contributed by atoms with Crippen LogP contribution in [0.1, 0.15) is 50.0 Å². The van der Waals surface area contributed by atoms with E-state index < -0.39 is 0 Å². The van der Waals surface area contributed by atoms with Crippen molar-refractivity contribution in [3.63, 3.8) is 0 Å². The number of hydrogen-bond acceptors (Lipinski definition) is 3. The highest BCUT2D eigenvalue weighted by atomic mass is 32.1. The quantitative estimate of drug-likeness (QED) is 0.239. The Kier molecular flexibility index (Phi) is 6.45. The Balaban J connectivity index is 1.47. The predicted molar refractivity (Wildman–Crippen MR) is 143 cm³/mol. The van der Waals surface area contributed by atoms with Crippen molar-refractivity contribution in [3.8, 4) is 16.8 Å². The maximum absolute atomic E-state index is 13.0. The zero-order valence-electron chi connectivity index (χ0n) is 19.6. The highest BCUT2D eigenvalue weighted by Crippen LogP contribution is 2.40. The first kappa shape index (κ1) is 22.4. The summed E-state index contributed by atoms with van der Waals surface area (Å²) in [6, 6.07) is 23.5. The second-order valence-electron chi connectivity index (χ2n) is 8.85. The topological polar surface area (TPSA) is 46.9 Å². The molecule has 2 aromatic heterocycles. The van der Waals surface area contributed by atoms with Crippen LogP contribution in [0, 0.1) is 0 Å². The molecule has 0 radical (unpaired) electrons. The first-order valence-electron chi connectivity index (χ1n) is 12.0. The molecule has 0 saturated carbocycles. The lowest BCUT2D eigenvalue weighted by atomic mass is 10.0. The van der Waals surface area contributed by atoms with Crippen molar-refractivity contribution >= 4 is 37.4 Å². The smallest absolute Gasteiger partial charge is 0.270 e. The van der Waals surface area contributed by atoms with E-state index in [1.807, 2.05) is 28.0 Å². The van der Waals surface area contributed by atoms with Crippen LogP contribution in [0.5, 0.6) is 0 Å². The number of nitrogens with zero attached hydrogens (tertiary/aromatic N) is 2. The minimum Gasteiger partial charge on any atom is -0.348 e. The third kappa shape index (κ3) is 4.36. The number of amides is 1. The van der Waals surface area contributed by atoms with Gasteiger partial charge in [-0.3, -0.25) is 9.36 Å². The van der Waals surface area contributed by atoms with Crippen molar-refractivity contribution in [1.82, 2.24) is 14.9 Å². The summed E-state index contributed by atoms with van der Waals surface area (Å²) in [5.41, 5.74) is 3.82. The van der Waals surface area contributed by atoms with Crippen molar-refractivity contribution in [3.05, 3.63) is 84.9 Å². The van der Waals surface area contributed by atoms with E-state index in [9.17, 15) is 4.79 Å². The maximum Gasteiger partial charge on any atom is 0.270 e. The van der Waals surface area contributed by atoms with Gasteiger partial charge in [0.25, 0.3) is 5.91 Å². The van der Waals surface area contributed by atoms with Crippen LogP contribution in [0.15, 0.2) is 79.3 Å². The van der Waals surface area contributed by atoms with Crippen molar-refractivity contribution in [2.75, 3.05) is 0 Å². The molecule has 4 nitrogen and oxygen atoms in total. The first-order valence-corrected chi connectivity index (χ1v) is 12.8. The summed E-state index contributed by atoms with van der Waals surface area (Å²) >= 11 is 1.83. The SMILES string of the molecule is CCCCC[C@H](C)NC(=O)c1cncn1-c1cccc(-c2cccc3c2sc2ccccc23)c1. The zero-order chi connectivity index (χ0) is 23.5. The van der Waals surface area contributed by atoms with Crippen LogP contribution in [0.3, 0.4) is 0 Å². The Hall–Kier alpha value is -3.44. The molecule has 1 N–H and O–H groups in total. The van der Waals surface area contributed by atoms with Crippen LogP contribution in [-0.4, -0.2) is 21.5 Å². The van der Waals surface area contributed by atoms with Gasteiger partial charge in [0.05, 0.1) is 12.5 Å². The molecule has 0 bridgehead atoms. The molecule has 2 heterocycles. The van der Waals surface area contributed by atoms with E-state index in [-0.39, 0.29) is 11.9 Å². The van der Waals surface area contributed by atoms with Crippen molar-refractivity contribution in [2.45, 2.75) is 45.6 Å². The lowest BCUT2D eigenvalue weighted by molar-refractivity contribution is 0.0931. The molecule has 5 rings (SSSR count). The fourth-order valence-corrected chi connectivity index (χ4v) is 5.78. The third-order valence-corrected chi connectivity index (χ3v) is 7.55. The highest BCUT2D eigenvalue weighted by Gasteiger charge is 2.16. The first-order chi connectivity index (χ1) is 16.7. The van der Waals surface area contributed by atoms with Gasteiger partial charge in [0, 0.05) is 31.9 Å². The number of carbonyl (C=O) groups is 1. The largest absolute Gasteiger partial charge is 0.348 e. The van der Waals surface area contributed by atoms with Gasteiger partial charge in [0.1, 0.15) is 5.69 Å². The van der Waals surface area contributed by atoms with Gasteiger partial charge < -0.3 is 5.32 Å². The predicted octanol–water partition coefficient (Wildman–Crippen LogP) is 7.61. The fraction of sp³-hybridized carbons (Fsp3) is 0.241. The highest BCUT2D eigenvalue weighted by molar-refractivity contribution is 7.26. The van der Waals surface area contributed by atoms with Crippen LogP contribution in [0.25, 0.3) is 37.0 Å². The summed E-state index contributed by atoms with van der Waals surface area (Å²) in [5, 5.41) is 5.71. The van der Waals surface area contributed by atoms with Gasteiger partial charge in [-0.2, -0.15) is 0 Å². The van der Waals surface area contributed by atoms with Crippen molar-refractivity contribution in [2.24, 2.45) is 0 Å². The number of rotatable bonds is 8. The fourth-order valence-electron chi connectivity index (χ4n) is 4.54. The number of benzene rings is 3. The summed E-state index contributed by atoms with van der Waals surface area (Å²) in [5.74, 6) is -0.0847. The molecular formula is C29H29N3OS. The normalized spacial score (nSPS) is 12.3. The Morgan fingerprint density at radius 2 is 1.85 bits per heavy atom. The van der Waals surface area contributed by atoms with Gasteiger partial charge in [-0.05, 0) is 42.7 Å². The van der Waals surface area contributed by atoms with E-state index >= 15 is 0 Å². The summed E-state index contributed by atoms with van der Waals surface area (Å²) in [6.45, 7) is 4.26. The zero-order valence-corrected chi connectivity index (χ0v) is 20.4. The molecule has 34 heavy (non-hydrogen) atoms. The molecule has 0 aliphatic carbocycles. The van der Waals surface area contributed by atoms with E-state index in [0.29, 0.717) is 5.69 Å². The van der Waals surface area contributed by atoms with Crippen LogP contribution in [-0.2, 0) is 0 Å². The number of unbranched alkanes of at least 4 members (excludes halogenated alkanes) is 2. The average Bonchev–Trinajstić information content (AvgIpc) is 3.49.